The fraction of sp³-hybridized carbons (Fsp3) is 0.895. The third-order valence-electron chi connectivity index (χ3n) is 8.63. The molecule has 10 atom stereocenters. The van der Waals surface area contributed by atoms with Gasteiger partial charge in [-0.15, -0.1) is 11.8 Å². The number of fused-ring (bicyclic) bond motifs is 12. The maximum atomic E-state index is 3.41. The van der Waals surface area contributed by atoms with Gasteiger partial charge in [0.2, 0.25) is 0 Å². The molecule has 0 spiro atoms. The van der Waals surface area contributed by atoms with Crippen LogP contribution in [0.2, 0.25) is 0 Å². The lowest BCUT2D eigenvalue weighted by atomic mass is 9.24. The average molecular weight is 252 g/mol. The molecule has 5 fully saturated rings. The molecule has 0 radical (unpaired) electrons. The zero-order valence-corrected chi connectivity index (χ0v) is 11.7. The molecule has 10 unspecified atom stereocenters. The van der Waals surface area contributed by atoms with Gasteiger partial charge < -0.3 is 0 Å². The van der Waals surface area contributed by atoms with E-state index in [1.807, 2.05) is 0 Å². The van der Waals surface area contributed by atoms with E-state index in [1.165, 1.54) is 73.0 Å². The molecule has 6 rings (SSSR count). The number of hydrogen-bond acceptors (Lipinski definition) is 0. The lowest BCUT2D eigenvalue weighted by Crippen LogP contribution is -2.76. The van der Waals surface area contributed by atoms with Crippen molar-refractivity contribution < 1.29 is 0 Å². The van der Waals surface area contributed by atoms with Gasteiger partial charge in [-0.3, -0.25) is 0 Å². The van der Waals surface area contributed by atoms with Crippen molar-refractivity contribution in [2.45, 2.75) is 44.9 Å². The SMILES string of the molecule is C1#CCCC2C(CC1)CC1C2C2C3C4CCC4C3C12. The molecule has 0 aromatic rings. The summed E-state index contributed by atoms with van der Waals surface area (Å²) in [7, 11) is 0. The van der Waals surface area contributed by atoms with Crippen molar-refractivity contribution in [2.75, 3.05) is 0 Å². The van der Waals surface area contributed by atoms with E-state index in [2.05, 4.69) is 11.8 Å². The second-order valence-corrected chi connectivity index (χ2v) is 8.55. The van der Waals surface area contributed by atoms with Crippen LogP contribution in [0.25, 0.3) is 0 Å². The monoisotopic (exact) mass is 252 g/mol. The van der Waals surface area contributed by atoms with E-state index in [0.717, 1.165) is 11.8 Å². The molecule has 0 saturated heterocycles. The van der Waals surface area contributed by atoms with Crippen molar-refractivity contribution in [3.63, 3.8) is 0 Å². The molecule has 6 aliphatic rings. The lowest BCUT2D eigenvalue weighted by Gasteiger charge is -2.81. The van der Waals surface area contributed by atoms with E-state index >= 15 is 0 Å². The molecule has 5 saturated carbocycles. The van der Waals surface area contributed by atoms with Gasteiger partial charge in [0.05, 0.1) is 0 Å². The molecular weight excluding hydrogens is 228 g/mol. The Morgan fingerprint density at radius 3 is 2.00 bits per heavy atom. The smallest absolute Gasteiger partial charge is 0.00915 e. The largest absolute Gasteiger partial charge is 0.103 e. The van der Waals surface area contributed by atoms with Gasteiger partial charge in [0.15, 0.2) is 0 Å². The second-order valence-electron chi connectivity index (χ2n) is 8.55. The van der Waals surface area contributed by atoms with E-state index in [4.69, 9.17) is 0 Å². The Kier molecular flexibility index (Phi) is 1.76. The Morgan fingerprint density at radius 2 is 1.21 bits per heavy atom. The van der Waals surface area contributed by atoms with Gasteiger partial charge in [-0.25, -0.2) is 0 Å². The molecule has 0 aromatic carbocycles. The Hall–Kier alpha value is -0.440. The summed E-state index contributed by atoms with van der Waals surface area (Å²) in [6.45, 7) is 0. The average Bonchev–Trinajstić information content (AvgIpc) is 2.60. The summed E-state index contributed by atoms with van der Waals surface area (Å²) in [6.07, 6.45) is 10.1. The van der Waals surface area contributed by atoms with Crippen LogP contribution >= 0.6 is 0 Å². The third-order valence-corrected chi connectivity index (χ3v) is 8.63. The zero-order valence-electron chi connectivity index (χ0n) is 11.7. The van der Waals surface area contributed by atoms with Gasteiger partial charge in [-0.2, -0.15) is 0 Å². The fourth-order valence-corrected chi connectivity index (χ4v) is 8.05. The first-order chi connectivity index (χ1) is 9.45. The van der Waals surface area contributed by atoms with Gasteiger partial charge in [-0.1, -0.05) is 0 Å². The highest BCUT2D eigenvalue weighted by molar-refractivity contribution is 5.26. The number of hydrogen-bond donors (Lipinski definition) is 0. The first-order valence-electron chi connectivity index (χ1n) is 8.91. The van der Waals surface area contributed by atoms with Gasteiger partial charge >= 0.3 is 0 Å². The number of rotatable bonds is 0. The molecule has 0 bridgehead atoms. The highest BCUT2D eigenvalue weighted by Gasteiger charge is 2.78. The Balaban J connectivity index is 1.29. The third kappa shape index (κ3) is 0.989. The predicted molar refractivity (Wildman–Crippen MR) is 75.0 cm³/mol. The minimum Gasteiger partial charge on any atom is -0.103 e. The van der Waals surface area contributed by atoms with Crippen molar-refractivity contribution in [1.82, 2.24) is 0 Å². The Morgan fingerprint density at radius 1 is 0.526 bits per heavy atom. The zero-order chi connectivity index (χ0) is 12.1. The first kappa shape index (κ1) is 10.3. The standard InChI is InChI=1S/C19H24/c1-2-4-6-11-10(5-3-1)9-14-15(11)19-17-13-8-7-12(13)16(17)18(14)19/h10-19H,3-9H2. The molecule has 0 aromatic heterocycles. The Bertz CT molecular complexity index is 494. The van der Waals surface area contributed by atoms with Crippen LogP contribution in [0.1, 0.15) is 44.9 Å². The topological polar surface area (TPSA) is 0 Å². The van der Waals surface area contributed by atoms with Crippen LogP contribution < -0.4 is 0 Å². The summed E-state index contributed by atoms with van der Waals surface area (Å²) < 4.78 is 0. The van der Waals surface area contributed by atoms with Crippen molar-refractivity contribution in [1.29, 1.82) is 0 Å². The van der Waals surface area contributed by atoms with E-state index in [-0.39, 0.29) is 0 Å². The second kappa shape index (κ2) is 3.24. The molecule has 0 heteroatoms. The summed E-state index contributed by atoms with van der Waals surface area (Å²) in [4.78, 5) is 0. The highest BCUT2D eigenvalue weighted by Crippen LogP contribution is 2.83. The first-order valence-corrected chi connectivity index (χ1v) is 8.91. The molecule has 100 valence electrons. The summed E-state index contributed by atoms with van der Waals surface area (Å²) in [5, 5.41) is 0. The molecule has 0 nitrogen and oxygen atoms in total. The van der Waals surface area contributed by atoms with Crippen molar-refractivity contribution in [3.05, 3.63) is 0 Å². The van der Waals surface area contributed by atoms with Crippen LogP contribution in [0.15, 0.2) is 0 Å². The lowest BCUT2D eigenvalue weighted by molar-refractivity contribution is -0.336. The predicted octanol–water partition coefficient (Wildman–Crippen LogP) is 3.96. The van der Waals surface area contributed by atoms with Crippen molar-refractivity contribution in [3.8, 4) is 11.8 Å². The summed E-state index contributed by atoms with van der Waals surface area (Å²) in [5.74, 6) is 18.7. The maximum absolute atomic E-state index is 3.41. The van der Waals surface area contributed by atoms with Crippen LogP contribution in [-0.4, -0.2) is 0 Å². The summed E-state index contributed by atoms with van der Waals surface area (Å²) in [5.41, 5.74) is 0. The van der Waals surface area contributed by atoms with E-state index in [1.54, 1.807) is 19.3 Å². The normalized spacial score (nSPS) is 66.5. The fourth-order valence-electron chi connectivity index (χ4n) is 8.05. The molecular formula is C19H24. The van der Waals surface area contributed by atoms with Crippen LogP contribution in [0, 0.1) is 71.0 Å². The summed E-state index contributed by atoms with van der Waals surface area (Å²) in [6, 6.07) is 0. The quantitative estimate of drug-likeness (QED) is 0.452. The van der Waals surface area contributed by atoms with Crippen LogP contribution in [0.5, 0.6) is 0 Å². The molecule has 19 heavy (non-hydrogen) atoms. The maximum Gasteiger partial charge on any atom is 0.00915 e. The minimum atomic E-state index is 1.08. The van der Waals surface area contributed by atoms with Crippen molar-refractivity contribution >= 4 is 0 Å². The summed E-state index contributed by atoms with van der Waals surface area (Å²) >= 11 is 0. The van der Waals surface area contributed by atoms with E-state index < -0.39 is 0 Å². The van der Waals surface area contributed by atoms with Gasteiger partial charge in [0.1, 0.15) is 0 Å². The van der Waals surface area contributed by atoms with Gasteiger partial charge in [0, 0.05) is 12.8 Å². The van der Waals surface area contributed by atoms with E-state index in [0.29, 0.717) is 0 Å². The Labute approximate surface area is 116 Å². The van der Waals surface area contributed by atoms with Crippen LogP contribution in [0.3, 0.4) is 0 Å². The van der Waals surface area contributed by atoms with Crippen LogP contribution in [-0.2, 0) is 0 Å². The molecule has 6 aliphatic carbocycles. The van der Waals surface area contributed by atoms with Gasteiger partial charge in [0.25, 0.3) is 0 Å². The highest BCUT2D eigenvalue weighted by atomic mass is 14.8. The molecule has 0 aliphatic heterocycles. The van der Waals surface area contributed by atoms with E-state index in [9.17, 15) is 0 Å². The molecule has 0 amide bonds. The minimum absolute atomic E-state index is 1.08. The van der Waals surface area contributed by atoms with Gasteiger partial charge in [-0.05, 0) is 91.3 Å². The van der Waals surface area contributed by atoms with Crippen molar-refractivity contribution in [2.24, 2.45) is 59.2 Å². The van der Waals surface area contributed by atoms with Crippen LogP contribution in [0.4, 0.5) is 0 Å². The molecule has 0 heterocycles. The molecule has 0 N–H and O–H groups in total.